The molecule has 1 saturated heterocycles. The van der Waals surface area contributed by atoms with Crippen LogP contribution in [-0.2, 0) is 24.2 Å². The molecule has 6 fully saturated rings. The maximum absolute atomic E-state index is 13.3. The number of piperidine rings is 1. The van der Waals surface area contributed by atoms with E-state index in [0.717, 1.165) is 58.3 Å². The van der Waals surface area contributed by atoms with Crippen molar-refractivity contribution < 1.29 is 27.9 Å². The summed E-state index contributed by atoms with van der Waals surface area (Å²) in [5.41, 5.74) is 0.868. The maximum Gasteiger partial charge on any atom is 0.312 e. The molecule has 1 unspecified atom stereocenters. The first-order valence-corrected chi connectivity index (χ1v) is 22.7. The van der Waals surface area contributed by atoms with Crippen molar-refractivity contribution >= 4 is 21.8 Å². The standard InChI is InChI=1S/C43H72N2O6S/c1-28(2)30-13-20-43(44-23-26-45-24-16-29(17-25-45)52(10,49)50)22-21-41(8)31(36(30)43)11-12-33-40(7)18-15-34(51-37(48)38(3,4)27-35(46)47)39(5,6)32(40)14-19-42(33,41)9/h29-34,36,44H,1,11-27H2,2-10H3,(H,46,47)/t30-,31+,32-,33?,34-,36+,40-,41+,42+,43-/m0/s1. The summed E-state index contributed by atoms with van der Waals surface area (Å²) in [6, 6.07) is 0. The van der Waals surface area contributed by atoms with Crippen molar-refractivity contribution in [1.29, 1.82) is 0 Å². The number of likely N-dealkylation sites (tertiary alicyclic amines) is 1. The minimum Gasteiger partial charge on any atom is -0.481 e. The summed E-state index contributed by atoms with van der Waals surface area (Å²) >= 11 is 0. The van der Waals surface area contributed by atoms with Crippen molar-refractivity contribution in [2.75, 3.05) is 32.4 Å². The van der Waals surface area contributed by atoms with E-state index in [4.69, 9.17) is 4.74 Å². The summed E-state index contributed by atoms with van der Waals surface area (Å²) in [5.74, 6) is 1.47. The van der Waals surface area contributed by atoms with Gasteiger partial charge in [-0.15, -0.1) is 0 Å². The fraction of sp³-hybridized carbons (Fsp3) is 0.907. The number of hydrogen-bond acceptors (Lipinski definition) is 7. The van der Waals surface area contributed by atoms with Crippen LogP contribution in [0.25, 0.3) is 0 Å². The molecular formula is C43H72N2O6S. The Hall–Kier alpha value is -1.45. The van der Waals surface area contributed by atoms with Crippen LogP contribution in [0, 0.1) is 56.7 Å². The summed E-state index contributed by atoms with van der Waals surface area (Å²) in [6.07, 6.45) is 14.1. The van der Waals surface area contributed by atoms with Gasteiger partial charge < -0.3 is 20.1 Å². The average molecular weight is 745 g/mol. The molecule has 0 amide bonds. The lowest BCUT2D eigenvalue weighted by Gasteiger charge is -2.73. The zero-order chi connectivity index (χ0) is 38.3. The highest BCUT2D eigenvalue weighted by Crippen LogP contribution is 2.76. The average Bonchev–Trinajstić information content (AvgIpc) is 3.42. The van der Waals surface area contributed by atoms with Gasteiger partial charge in [0.2, 0.25) is 0 Å². The highest BCUT2D eigenvalue weighted by Gasteiger charge is 2.71. The van der Waals surface area contributed by atoms with Gasteiger partial charge in [-0.2, -0.15) is 0 Å². The van der Waals surface area contributed by atoms with E-state index in [9.17, 15) is 23.1 Å². The number of rotatable bonds is 10. The molecule has 0 radical (unpaired) electrons. The molecule has 2 N–H and O–H groups in total. The molecule has 5 saturated carbocycles. The minimum absolute atomic E-state index is 0.140. The van der Waals surface area contributed by atoms with E-state index < -0.39 is 21.2 Å². The first kappa shape index (κ1) is 40.2. The molecule has 9 heteroatoms. The molecular weight excluding hydrogens is 673 g/mol. The van der Waals surface area contributed by atoms with Gasteiger partial charge in [0.25, 0.3) is 0 Å². The lowest BCUT2D eigenvalue weighted by Crippen LogP contribution is -2.69. The molecule has 10 atom stereocenters. The fourth-order valence-corrected chi connectivity index (χ4v) is 15.5. The number of carbonyl (C=O) groups excluding carboxylic acids is 1. The number of allylic oxidation sites excluding steroid dienone is 1. The maximum atomic E-state index is 13.3. The quantitative estimate of drug-likeness (QED) is 0.172. The number of esters is 1. The third kappa shape index (κ3) is 6.54. The molecule has 52 heavy (non-hydrogen) atoms. The number of carboxylic acid groups (broad SMARTS) is 1. The highest BCUT2D eigenvalue weighted by molar-refractivity contribution is 7.91. The molecule has 6 rings (SSSR count). The smallest absolute Gasteiger partial charge is 0.312 e. The van der Waals surface area contributed by atoms with Gasteiger partial charge in [-0.1, -0.05) is 46.8 Å². The molecule has 8 nitrogen and oxygen atoms in total. The first-order valence-electron chi connectivity index (χ1n) is 20.8. The number of nitrogens with zero attached hydrogens (tertiary/aromatic N) is 1. The van der Waals surface area contributed by atoms with Crippen LogP contribution in [0.2, 0.25) is 0 Å². The molecule has 0 bridgehead atoms. The van der Waals surface area contributed by atoms with Crippen molar-refractivity contribution in [1.82, 2.24) is 10.2 Å². The van der Waals surface area contributed by atoms with Crippen LogP contribution >= 0.6 is 0 Å². The lowest BCUT2D eigenvalue weighted by molar-refractivity contribution is -0.247. The molecule has 0 aromatic rings. The van der Waals surface area contributed by atoms with Crippen molar-refractivity contribution in [2.45, 2.75) is 156 Å². The van der Waals surface area contributed by atoms with E-state index in [2.05, 4.69) is 58.3 Å². The second-order valence-electron chi connectivity index (χ2n) is 20.8. The number of sulfone groups is 1. The number of ether oxygens (including phenoxy) is 1. The lowest BCUT2D eigenvalue weighted by atomic mass is 9.32. The fourth-order valence-electron chi connectivity index (χ4n) is 14.4. The Bertz CT molecular complexity index is 1520. The third-order valence-electron chi connectivity index (χ3n) is 17.4. The Morgan fingerprint density at radius 2 is 1.56 bits per heavy atom. The first-order chi connectivity index (χ1) is 24.0. The van der Waals surface area contributed by atoms with E-state index in [-0.39, 0.29) is 50.9 Å². The predicted octanol–water partition coefficient (Wildman–Crippen LogP) is 7.91. The van der Waals surface area contributed by atoms with Crippen LogP contribution in [0.5, 0.6) is 0 Å². The van der Waals surface area contributed by atoms with Gasteiger partial charge in [0.1, 0.15) is 15.9 Å². The zero-order valence-electron chi connectivity index (χ0n) is 34.1. The van der Waals surface area contributed by atoms with Crippen molar-refractivity contribution in [3.63, 3.8) is 0 Å². The number of nitrogens with one attached hydrogen (secondary N) is 1. The topological polar surface area (TPSA) is 113 Å². The van der Waals surface area contributed by atoms with Gasteiger partial charge in [0.15, 0.2) is 0 Å². The van der Waals surface area contributed by atoms with Crippen LogP contribution in [0.3, 0.4) is 0 Å². The van der Waals surface area contributed by atoms with E-state index in [1.165, 1.54) is 56.8 Å². The van der Waals surface area contributed by atoms with E-state index >= 15 is 0 Å². The molecule has 0 aromatic heterocycles. The number of carbonyl (C=O) groups is 2. The highest BCUT2D eigenvalue weighted by atomic mass is 32.2. The molecule has 5 aliphatic carbocycles. The minimum atomic E-state index is -2.96. The number of aliphatic carboxylic acids is 1. The molecule has 1 heterocycles. The van der Waals surface area contributed by atoms with Crippen LogP contribution in [-0.4, -0.2) is 79.7 Å². The third-order valence-corrected chi connectivity index (χ3v) is 19.1. The summed E-state index contributed by atoms with van der Waals surface area (Å²) in [7, 11) is -2.96. The van der Waals surface area contributed by atoms with Gasteiger partial charge in [-0.05, 0) is 157 Å². The van der Waals surface area contributed by atoms with E-state index in [1.807, 2.05) is 0 Å². The molecule has 6 aliphatic rings. The van der Waals surface area contributed by atoms with Crippen molar-refractivity contribution in [3.8, 4) is 0 Å². The molecule has 0 aromatic carbocycles. The zero-order valence-corrected chi connectivity index (χ0v) is 34.9. The second kappa shape index (κ2) is 13.6. The number of fused-ring (bicyclic) bond motifs is 7. The SMILES string of the molecule is C=C(C)[C@@H]1CC[C@]2(NCCN3CCC(S(C)(=O)=O)CC3)CC[C@]3(C)[C@H](CCC4[C@@]5(C)CC[C@H](OC(=O)C(C)(C)CC(=O)O)C(C)(C)[C@@H]5CC[C@]43C)[C@@H]12. The van der Waals surface area contributed by atoms with Gasteiger partial charge in [-0.3, -0.25) is 9.59 Å². The Morgan fingerprint density at radius 1 is 0.885 bits per heavy atom. The van der Waals surface area contributed by atoms with Gasteiger partial charge in [0, 0.05) is 30.3 Å². The normalized spacial score (nSPS) is 42.3. The Kier molecular flexibility index (Phi) is 10.5. The predicted molar refractivity (Wildman–Crippen MR) is 207 cm³/mol. The van der Waals surface area contributed by atoms with Crippen LogP contribution in [0.1, 0.15) is 139 Å². The van der Waals surface area contributed by atoms with E-state index in [0.29, 0.717) is 29.6 Å². The molecule has 1 aliphatic heterocycles. The summed E-state index contributed by atoms with van der Waals surface area (Å²) in [6.45, 7) is 26.5. The summed E-state index contributed by atoms with van der Waals surface area (Å²) < 4.78 is 30.5. The van der Waals surface area contributed by atoms with Crippen molar-refractivity contribution in [3.05, 3.63) is 12.2 Å². The summed E-state index contributed by atoms with van der Waals surface area (Å²) in [4.78, 5) is 27.3. The van der Waals surface area contributed by atoms with Gasteiger partial charge >= 0.3 is 11.9 Å². The monoisotopic (exact) mass is 745 g/mol. The Morgan fingerprint density at radius 3 is 2.17 bits per heavy atom. The Labute approximate surface area is 316 Å². The summed E-state index contributed by atoms with van der Waals surface area (Å²) in [5, 5.41) is 13.5. The van der Waals surface area contributed by atoms with Crippen molar-refractivity contribution in [2.24, 2.45) is 56.7 Å². The van der Waals surface area contributed by atoms with Gasteiger partial charge in [-0.25, -0.2) is 8.42 Å². The van der Waals surface area contributed by atoms with Gasteiger partial charge in [0.05, 0.1) is 17.1 Å². The largest absolute Gasteiger partial charge is 0.481 e. The number of carboxylic acids is 1. The van der Waals surface area contributed by atoms with Crippen LogP contribution in [0.4, 0.5) is 0 Å². The molecule has 296 valence electrons. The van der Waals surface area contributed by atoms with Crippen LogP contribution in [0.15, 0.2) is 12.2 Å². The number of hydrogen-bond donors (Lipinski definition) is 2. The van der Waals surface area contributed by atoms with E-state index in [1.54, 1.807) is 13.8 Å². The Balaban J connectivity index is 1.19. The van der Waals surface area contributed by atoms with Crippen LogP contribution < -0.4 is 5.32 Å². The molecule has 0 spiro atoms. The second-order valence-corrected chi connectivity index (χ2v) is 23.2.